The van der Waals surface area contributed by atoms with Crippen LogP contribution >= 0.6 is 0 Å². The Morgan fingerprint density at radius 3 is 2.19 bits per heavy atom. The van der Waals surface area contributed by atoms with E-state index in [1.807, 2.05) is 10.2 Å². The van der Waals surface area contributed by atoms with Crippen LogP contribution in [-0.2, 0) is 0 Å². The van der Waals surface area contributed by atoms with Crippen molar-refractivity contribution in [3.63, 3.8) is 0 Å². The van der Waals surface area contributed by atoms with Crippen LogP contribution < -0.4 is 17.1 Å². The number of halogens is 2. The van der Waals surface area contributed by atoms with Crippen molar-refractivity contribution in [3.8, 4) is 5.69 Å². The van der Waals surface area contributed by atoms with E-state index in [4.69, 9.17) is 5.73 Å². The summed E-state index contributed by atoms with van der Waals surface area (Å²) in [6.45, 7) is 0. The maximum atomic E-state index is 13.3. The third kappa shape index (κ3) is 1.40. The van der Waals surface area contributed by atoms with E-state index in [-0.39, 0.29) is 5.69 Å². The first-order valence-corrected chi connectivity index (χ1v) is 4.15. The molecular weight excluding hydrogens is 222 g/mol. The highest BCUT2D eigenvalue weighted by molar-refractivity contribution is 5.49. The molecule has 0 amide bonds. The Hall–Kier alpha value is -2.38. The second kappa shape index (κ2) is 3.33. The number of hydrogen-bond donors (Lipinski definition) is 3. The van der Waals surface area contributed by atoms with Gasteiger partial charge in [0.25, 0.3) is 0 Å². The monoisotopic (exact) mass is 228 g/mol. The molecule has 0 fully saturated rings. The Labute approximate surface area is 86.3 Å². The van der Waals surface area contributed by atoms with Crippen LogP contribution in [0.25, 0.3) is 5.69 Å². The van der Waals surface area contributed by atoms with Crippen LogP contribution in [0, 0.1) is 11.6 Å². The summed E-state index contributed by atoms with van der Waals surface area (Å²) in [5.41, 5.74) is 2.72. The predicted molar refractivity (Wildman–Crippen MR) is 51.3 cm³/mol. The van der Waals surface area contributed by atoms with Gasteiger partial charge >= 0.3 is 11.4 Å². The van der Waals surface area contributed by atoms with Gasteiger partial charge in [-0.2, -0.15) is 0 Å². The van der Waals surface area contributed by atoms with Crippen molar-refractivity contribution >= 4 is 5.69 Å². The summed E-state index contributed by atoms with van der Waals surface area (Å²) in [6, 6.07) is 1.37. The van der Waals surface area contributed by atoms with Crippen LogP contribution in [0.15, 0.2) is 21.7 Å². The van der Waals surface area contributed by atoms with E-state index in [0.717, 1.165) is 6.07 Å². The van der Waals surface area contributed by atoms with Crippen molar-refractivity contribution in [2.75, 3.05) is 5.73 Å². The van der Waals surface area contributed by atoms with Gasteiger partial charge in [-0.25, -0.2) is 33.1 Å². The van der Waals surface area contributed by atoms with Crippen molar-refractivity contribution in [1.29, 1.82) is 0 Å². The molecule has 0 saturated heterocycles. The summed E-state index contributed by atoms with van der Waals surface area (Å²) < 4.78 is 26.7. The van der Waals surface area contributed by atoms with E-state index in [1.165, 1.54) is 0 Å². The van der Waals surface area contributed by atoms with Gasteiger partial charge in [0, 0.05) is 6.07 Å². The molecule has 1 aromatic carbocycles. The molecule has 1 aromatic heterocycles. The van der Waals surface area contributed by atoms with E-state index in [0.29, 0.717) is 10.6 Å². The molecular formula is C8H6F2N4O2. The van der Waals surface area contributed by atoms with Crippen molar-refractivity contribution in [3.05, 3.63) is 44.7 Å². The van der Waals surface area contributed by atoms with Gasteiger partial charge in [-0.1, -0.05) is 0 Å². The third-order valence-electron chi connectivity index (χ3n) is 1.99. The number of nitrogens with two attached hydrogens (primary N) is 1. The fourth-order valence-electron chi connectivity index (χ4n) is 1.25. The molecule has 0 aliphatic heterocycles. The lowest BCUT2D eigenvalue weighted by Crippen LogP contribution is -2.25. The van der Waals surface area contributed by atoms with Gasteiger partial charge in [0.15, 0.2) is 5.82 Å². The lowest BCUT2D eigenvalue weighted by Gasteiger charge is -2.03. The molecule has 6 nitrogen and oxygen atoms in total. The van der Waals surface area contributed by atoms with E-state index in [9.17, 15) is 18.4 Å². The van der Waals surface area contributed by atoms with Gasteiger partial charge in [-0.3, -0.25) is 0 Å². The molecule has 0 unspecified atom stereocenters. The number of hydrogen-bond acceptors (Lipinski definition) is 3. The predicted octanol–water partition coefficient (Wildman–Crippen LogP) is -0.286. The van der Waals surface area contributed by atoms with Crippen molar-refractivity contribution in [1.82, 2.24) is 14.8 Å². The molecule has 0 bridgehead atoms. The summed E-state index contributed by atoms with van der Waals surface area (Å²) in [5, 5.41) is 3.93. The molecule has 84 valence electrons. The Bertz CT molecular complexity index is 627. The number of H-pyrrole nitrogens is 2. The Morgan fingerprint density at radius 2 is 1.62 bits per heavy atom. The number of aromatic nitrogens is 3. The van der Waals surface area contributed by atoms with Gasteiger partial charge in [-0.05, 0) is 6.07 Å². The molecule has 4 N–H and O–H groups in total. The lowest BCUT2D eigenvalue weighted by atomic mass is 10.2. The smallest absolute Gasteiger partial charge is 0.349 e. The van der Waals surface area contributed by atoms with Gasteiger partial charge in [-0.15, -0.1) is 0 Å². The average molecular weight is 228 g/mol. The SMILES string of the molecule is Nc1cc(-n2c(=O)[nH][nH]c2=O)c(F)cc1F. The Morgan fingerprint density at radius 1 is 1.06 bits per heavy atom. The standard InChI is InChI=1S/C8H6F2N4O2/c9-3-1-4(10)6(2-5(3)11)14-7(15)12-13-8(14)16/h1-2H,11H2,(H,12,15)(H,13,16). The summed E-state index contributed by atoms with van der Waals surface area (Å²) in [7, 11) is 0. The fraction of sp³-hybridized carbons (Fsp3) is 0. The Kier molecular flexibility index (Phi) is 2.11. The van der Waals surface area contributed by atoms with Crippen LogP contribution in [0.1, 0.15) is 0 Å². The number of anilines is 1. The quantitative estimate of drug-likeness (QED) is 0.585. The van der Waals surface area contributed by atoms with Gasteiger partial charge < -0.3 is 5.73 Å². The van der Waals surface area contributed by atoms with Crippen LogP contribution in [0.3, 0.4) is 0 Å². The highest BCUT2D eigenvalue weighted by Gasteiger charge is 2.13. The van der Waals surface area contributed by atoms with E-state index < -0.39 is 28.7 Å². The summed E-state index contributed by atoms with van der Waals surface area (Å²) >= 11 is 0. The molecule has 0 saturated carbocycles. The molecule has 1 heterocycles. The van der Waals surface area contributed by atoms with Crippen LogP contribution in [-0.4, -0.2) is 14.8 Å². The first-order chi connectivity index (χ1) is 7.50. The molecule has 2 rings (SSSR count). The molecule has 0 atom stereocenters. The number of aromatic amines is 2. The molecule has 0 radical (unpaired) electrons. The van der Waals surface area contributed by atoms with Gasteiger partial charge in [0.05, 0.1) is 11.4 Å². The minimum atomic E-state index is -1.06. The van der Waals surface area contributed by atoms with Crippen molar-refractivity contribution in [2.45, 2.75) is 0 Å². The highest BCUT2D eigenvalue weighted by Crippen LogP contribution is 2.17. The average Bonchev–Trinajstić information content (AvgIpc) is 2.53. The zero-order chi connectivity index (χ0) is 11.9. The second-order valence-corrected chi connectivity index (χ2v) is 3.02. The number of nitrogens with zero attached hydrogens (tertiary/aromatic N) is 1. The molecule has 16 heavy (non-hydrogen) atoms. The first-order valence-electron chi connectivity index (χ1n) is 4.15. The zero-order valence-electron chi connectivity index (χ0n) is 7.75. The summed E-state index contributed by atoms with van der Waals surface area (Å²) in [5.74, 6) is -2.01. The number of benzene rings is 1. The minimum absolute atomic E-state index is 0.358. The molecule has 0 spiro atoms. The van der Waals surface area contributed by atoms with E-state index >= 15 is 0 Å². The summed E-state index contributed by atoms with van der Waals surface area (Å²) in [6.07, 6.45) is 0. The van der Waals surface area contributed by atoms with E-state index in [1.54, 1.807) is 0 Å². The number of nitrogens with one attached hydrogen (secondary N) is 2. The maximum Gasteiger partial charge on any atom is 0.349 e. The second-order valence-electron chi connectivity index (χ2n) is 3.02. The van der Waals surface area contributed by atoms with Crippen LogP contribution in [0.2, 0.25) is 0 Å². The number of rotatable bonds is 1. The molecule has 8 heteroatoms. The number of nitrogen functional groups attached to an aromatic ring is 1. The maximum absolute atomic E-state index is 13.3. The topological polar surface area (TPSA) is 96.7 Å². The van der Waals surface area contributed by atoms with E-state index in [2.05, 4.69) is 0 Å². The van der Waals surface area contributed by atoms with Crippen LogP contribution in [0.5, 0.6) is 0 Å². The van der Waals surface area contributed by atoms with Crippen LogP contribution in [0.4, 0.5) is 14.5 Å². The van der Waals surface area contributed by atoms with Gasteiger partial charge in [0.2, 0.25) is 0 Å². The van der Waals surface area contributed by atoms with Gasteiger partial charge in [0.1, 0.15) is 5.82 Å². The fourth-order valence-corrected chi connectivity index (χ4v) is 1.25. The first kappa shape index (κ1) is 10.1. The zero-order valence-corrected chi connectivity index (χ0v) is 7.75. The highest BCUT2D eigenvalue weighted by atomic mass is 19.1. The summed E-state index contributed by atoms with van der Waals surface area (Å²) in [4.78, 5) is 22.3. The third-order valence-corrected chi connectivity index (χ3v) is 1.99. The molecule has 0 aliphatic rings. The lowest BCUT2D eigenvalue weighted by molar-refractivity contribution is 0.578. The minimum Gasteiger partial charge on any atom is -0.396 e. The molecule has 2 aromatic rings. The van der Waals surface area contributed by atoms with Crippen molar-refractivity contribution in [2.24, 2.45) is 0 Å². The largest absolute Gasteiger partial charge is 0.396 e. The normalized spacial score (nSPS) is 10.6. The molecule has 0 aliphatic carbocycles. The van der Waals surface area contributed by atoms with Crippen molar-refractivity contribution < 1.29 is 8.78 Å². The Balaban J connectivity index is 2.80.